The van der Waals surface area contributed by atoms with Gasteiger partial charge in [-0.15, -0.1) is 0 Å². The molecule has 8 nitrogen and oxygen atoms in total. The molecule has 150 valence electrons. The summed E-state index contributed by atoms with van der Waals surface area (Å²) in [4.78, 5) is 7.89. The van der Waals surface area contributed by atoms with Crippen molar-refractivity contribution in [3.8, 4) is 28.6 Å². The first-order valence-corrected chi connectivity index (χ1v) is 9.71. The van der Waals surface area contributed by atoms with Crippen LogP contribution in [0.2, 0.25) is 5.02 Å². The van der Waals surface area contributed by atoms with Crippen molar-refractivity contribution in [2.24, 2.45) is 0 Å². The van der Waals surface area contributed by atoms with Gasteiger partial charge in [-0.2, -0.15) is 0 Å². The van der Waals surface area contributed by atoms with Gasteiger partial charge in [0.25, 0.3) is 0 Å². The number of pyridine rings is 1. The summed E-state index contributed by atoms with van der Waals surface area (Å²) in [5.41, 5.74) is 2.97. The van der Waals surface area contributed by atoms with E-state index in [1.165, 1.54) is 0 Å². The van der Waals surface area contributed by atoms with E-state index in [0.717, 1.165) is 16.6 Å². The molecule has 2 fully saturated rings. The lowest BCUT2D eigenvalue weighted by Gasteiger charge is -2.16. The number of rotatable bonds is 3. The summed E-state index contributed by atoms with van der Waals surface area (Å²) >= 11 is 6.49. The minimum Gasteiger partial charge on any atom is -0.470 e. The lowest BCUT2D eigenvalue weighted by atomic mass is 10.1. The van der Waals surface area contributed by atoms with Crippen LogP contribution >= 0.6 is 11.6 Å². The van der Waals surface area contributed by atoms with Gasteiger partial charge in [0, 0.05) is 11.6 Å². The van der Waals surface area contributed by atoms with Gasteiger partial charge >= 0.3 is 0 Å². The Bertz CT molecular complexity index is 1100. The predicted octanol–water partition coefficient (Wildman–Crippen LogP) is 2.52. The van der Waals surface area contributed by atoms with Gasteiger partial charge in [-0.05, 0) is 24.3 Å². The Morgan fingerprint density at radius 1 is 1.07 bits per heavy atom. The molecule has 3 aliphatic rings. The van der Waals surface area contributed by atoms with Crippen molar-refractivity contribution in [3.05, 3.63) is 35.4 Å². The second kappa shape index (κ2) is 6.50. The van der Waals surface area contributed by atoms with Crippen LogP contribution in [0.4, 0.5) is 0 Å². The molecule has 5 heterocycles. The normalized spacial score (nSPS) is 27.5. The largest absolute Gasteiger partial charge is 0.470 e. The fraction of sp³-hybridized carbons (Fsp3) is 0.350. The van der Waals surface area contributed by atoms with Crippen molar-refractivity contribution in [2.75, 3.05) is 20.0 Å². The molecule has 0 aliphatic carbocycles. The van der Waals surface area contributed by atoms with E-state index in [0.29, 0.717) is 34.7 Å². The number of H-pyrrole nitrogens is 1. The molecule has 0 spiro atoms. The molecule has 4 atom stereocenters. The number of ether oxygens (including phenoxy) is 5. The van der Waals surface area contributed by atoms with Gasteiger partial charge < -0.3 is 33.8 Å². The Hall–Kier alpha value is -2.52. The third kappa shape index (κ3) is 2.83. The van der Waals surface area contributed by atoms with E-state index in [2.05, 4.69) is 4.98 Å². The third-order valence-electron chi connectivity index (χ3n) is 5.44. The summed E-state index contributed by atoms with van der Waals surface area (Å²) < 4.78 is 28.1. The second-order valence-corrected chi connectivity index (χ2v) is 7.68. The third-order valence-corrected chi connectivity index (χ3v) is 5.73. The fourth-order valence-corrected chi connectivity index (χ4v) is 4.28. The Balaban J connectivity index is 1.30. The van der Waals surface area contributed by atoms with Crippen LogP contribution < -0.4 is 14.2 Å². The standard InChI is InChI=1S/C20H17ClN2O6/c21-10-4-11-12(23-18(10)9-1-2-14-15(3-9)28-8-27-14)5-17(22-11)29-16-7-26-19-13(24)6-25-20(16)19/h1-5,13,16,19-20,22,24H,6-8H2/t13-,16-,19?,20-/m1/s1. The highest BCUT2D eigenvalue weighted by atomic mass is 35.5. The molecular weight excluding hydrogens is 400 g/mol. The van der Waals surface area contributed by atoms with Crippen LogP contribution in [0.1, 0.15) is 0 Å². The van der Waals surface area contributed by atoms with Gasteiger partial charge in [0.1, 0.15) is 18.3 Å². The molecule has 29 heavy (non-hydrogen) atoms. The van der Waals surface area contributed by atoms with Crippen molar-refractivity contribution >= 4 is 22.6 Å². The summed E-state index contributed by atoms with van der Waals surface area (Å²) in [6.45, 7) is 0.835. The van der Waals surface area contributed by atoms with E-state index in [9.17, 15) is 5.11 Å². The number of hydrogen-bond acceptors (Lipinski definition) is 7. The lowest BCUT2D eigenvalue weighted by Crippen LogP contribution is -2.34. The highest BCUT2D eigenvalue weighted by molar-refractivity contribution is 6.33. The predicted molar refractivity (Wildman–Crippen MR) is 103 cm³/mol. The van der Waals surface area contributed by atoms with Crippen LogP contribution in [0.15, 0.2) is 30.3 Å². The smallest absolute Gasteiger partial charge is 0.231 e. The van der Waals surface area contributed by atoms with Crippen LogP contribution in [0.3, 0.4) is 0 Å². The molecule has 0 radical (unpaired) electrons. The van der Waals surface area contributed by atoms with Crippen molar-refractivity contribution < 1.29 is 28.8 Å². The van der Waals surface area contributed by atoms with Crippen molar-refractivity contribution in [3.63, 3.8) is 0 Å². The van der Waals surface area contributed by atoms with Gasteiger partial charge in [-0.3, -0.25) is 0 Å². The molecule has 1 unspecified atom stereocenters. The highest BCUT2D eigenvalue weighted by Gasteiger charge is 2.48. The second-order valence-electron chi connectivity index (χ2n) is 7.27. The number of fused-ring (bicyclic) bond motifs is 3. The van der Waals surface area contributed by atoms with Gasteiger partial charge in [-0.25, -0.2) is 4.98 Å². The maximum absolute atomic E-state index is 9.87. The summed E-state index contributed by atoms with van der Waals surface area (Å²) in [6.07, 6.45) is -1.53. The van der Waals surface area contributed by atoms with Crippen LogP contribution in [0.5, 0.6) is 17.4 Å². The molecule has 2 aromatic heterocycles. The molecule has 3 aromatic rings. The Kier molecular flexibility index (Phi) is 3.89. The average Bonchev–Trinajstić information content (AvgIpc) is 3.47. The number of aromatic nitrogens is 2. The zero-order chi connectivity index (χ0) is 19.5. The van der Waals surface area contributed by atoms with E-state index in [1.807, 2.05) is 30.3 Å². The average molecular weight is 417 g/mol. The van der Waals surface area contributed by atoms with Crippen LogP contribution in [0.25, 0.3) is 22.3 Å². The number of hydrogen-bond donors (Lipinski definition) is 2. The maximum atomic E-state index is 9.87. The van der Waals surface area contributed by atoms with Gasteiger partial charge in [-0.1, -0.05) is 11.6 Å². The molecule has 1 aromatic carbocycles. The topological polar surface area (TPSA) is 95.1 Å². The molecule has 2 N–H and O–H groups in total. The van der Waals surface area contributed by atoms with Crippen LogP contribution in [-0.4, -0.2) is 59.5 Å². The zero-order valence-electron chi connectivity index (χ0n) is 15.1. The molecule has 9 heteroatoms. The number of aromatic amines is 1. The number of nitrogens with zero attached hydrogens (tertiary/aromatic N) is 1. The quantitative estimate of drug-likeness (QED) is 0.677. The minimum atomic E-state index is -0.610. The summed E-state index contributed by atoms with van der Waals surface area (Å²) in [7, 11) is 0. The number of aliphatic hydroxyl groups excluding tert-OH is 1. The van der Waals surface area contributed by atoms with Crippen LogP contribution in [0, 0.1) is 0 Å². The lowest BCUT2D eigenvalue weighted by molar-refractivity contribution is 0.00794. The number of benzene rings is 1. The monoisotopic (exact) mass is 416 g/mol. The van der Waals surface area contributed by atoms with Gasteiger partial charge in [0.05, 0.1) is 35.0 Å². The van der Waals surface area contributed by atoms with E-state index in [-0.39, 0.29) is 31.7 Å². The molecule has 6 rings (SSSR count). The highest BCUT2D eigenvalue weighted by Crippen LogP contribution is 2.38. The summed E-state index contributed by atoms with van der Waals surface area (Å²) in [5.74, 6) is 1.93. The van der Waals surface area contributed by atoms with E-state index in [4.69, 9.17) is 40.3 Å². The van der Waals surface area contributed by atoms with E-state index in [1.54, 1.807) is 0 Å². The van der Waals surface area contributed by atoms with Gasteiger partial charge in [0.2, 0.25) is 6.79 Å². The molecule has 0 saturated carbocycles. The fourth-order valence-electron chi connectivity index (χ4n) is 4.02. The zero-order valence-corrected chi connectivity index (χ0v) is 15.9. The Morgan fingerprint density at radius 2 is 1.93 bits per heavy atom. The Labute approximate surface area is 170 Å². The molecule has 2 saturated heterocycles. The van der Waals surface area contributed by atoms with Crippen molar-refractivity contribution in [1.29, 1.82) is 0 Å². The number of nitrogens with one attached hydrogen (secondary N) is 1. The van der Waals surface area contributed by atoms with E-state index < -0.39 is 6.10 Å². The van der Waals surface area contributed by atoms with E-state index >= 15 is 0 Å². The molecular formula is C20H17ClN2O6. The molecule has 0 amide bonds. The van der Waals surface area contributed by atoms with Crippen molar-refractivity contribution in [2.45, 2.75) is 24.4 Å². The maximum Gasteiger partial charge on any atom is 0.231 e. The van der Waals surface area contributed by atoms with Crippen molar-refractivity contribution in [1.82, 2.24) is 9.97 Å². The first-order chi connectivity index (χ1) is 14.2. The summed E-state index contributed by atoms with van der Waals surface area (Å²) in [5, 5.41) is 10.4. The minimum absolute atomic E-state index is 0.213. The Morgan fingerprint density at radius 3 is 2.86 bits per heavy atom. The van der Waals surface area contributed by atoms with Crippen LogP contribution in [-0.2, 0) is 9.47 Å². The molecule has 3 aliphatic heterocycles. The number of aliphatic hydroxyl groups is 1. The first-order valence-electron chi connectivity index (χ1n) is 9.33. The molecule has 0 bridgehead atoms. The first kappa shape index (κ1) is 17.3. The summed E-state index contributed by atoms with van der Waals surface area (Å²) in [6, 6.07) is 9.25. The SMILES string of the molecule is O[C@@H]1CO[C@H]2C1OC[C@H]2Oc1cc2nc(-c3ccc4c(c3)OCO4)c(Cl)cc2[nH]1. The van der Waals surface area contributed by atoms with Gasteiger partial charge in [0.15, 0.2) is 23.5 Å². The number of halogens is 1.